The van der Waals surface area contributed by atoms with Crippen molar-refractivity contribution in [1.29, 1.82) is 0 Å². The van der Waals surface area contributed by atoms with Gasteiger partial charge in [-0.25, -0.2) is 4.79 Å². The first-order valence-corrected chi connectivity index (χ1v) is 9.95. The van der Waals surface area contributed by atoms with Crippen molar-refractivity contribution in [2.24, 2.45) is 0 Å². The lowest BCUT2D eigenvalue weighted by molar-refractivity contribution is -0.140. The quantitative estimate of drug-likeness (QED) is 0.666. The molecule has 2 N–H and O–H groups in total. The fraction of sp³-hybridized carbons (Fsp3) is 0.417. The number of alkyl halides is 2. The predicted molar refractivity (Wildman–Crippen MR) is 112 cm³/mol. The van der Waals surface area contributed by atoms with Gasteiger partial charge in [0.2, 0.25) is 0 Å². The molecule has 0 saturated heterocycles. The number of aromatic carboxylic acids is 1. The molecule has 0 saturated carbocycles. The Bertz CT molecular complexity index is 1030. The second-order valence-electron chi connectivity index (χ2n) is 9.34. The van der Waals surface area contributed by atoms with Crippen LogP contribution < -0.4 is 5.32 Å². The third-order valence-electron chi connectivity index (χ3n) is 6.31. The van der Waals surface area contributed by atoms with E-state index in [0.717, 1.165) is 24.0 Å². The maximum Gasteiger partial charge on any atom is 0.350 e. The average molecular weight is 415 g/mol. The van der Waals surface area contributed by atoms with Crippen LogP contribution in [0.5, 0.6) is 0 Å². The number of fused-ring (bicyclic) bond motifs is 1. The zero-order valence-corrected chi connectivity index (χ0v) is 17.9. The lowest BCUT2D eigenvalue weighted by atomic mass is 9.63. The molecule has 6 heteroatoms. The molecular weight excluding hydrogens is 388 g/mol. The summed E-state index contributed by atoms with van der Waals surface area (Å²) in [5, 5.41) is 11.4. The van der Waals surface area contributed by atoms with Gasteiger partial charge in [0.05, 0.1) is 5.56 Å². The van der Waals surface area contributed by atoms with Crippen LogP contribution in [0.3, 0.4) is 0 Å². The van der Waals surface area contributed by atoms with E-state index in [4.69, 9.17) is 0 Å². The van der Waals surface area contributed by atoms with E-state index < -0.39 is 17.8 Å². The molecule has 1 aliphatic carbocycles. The second kappa shape index (κ2) is 7.18. The first-order valence-electron chi connectivity index (χ1n) is 9.95. The Morgan fingerprint density at radius 3 is 2.20 bits per heavy atom. The summed E-state index contributed by atoms with van der Waals surface area (Å²) in [6.07, 6.45) is 1.83. The third-order valence-corrected chi connectivity index (χ3v) is 6.31. The maximum atomic E-state index is 15.1. The highest BCUT2D eigenvalue weighted by Crippen LogP contribution is 2.47. The molecule has 30 heavy (non-hydrogen) atoms. The van der Waals surface area contributed by atoms with E-state index in [1.165, 1.54) is 37.3 Å². The summed E-state index contributed by atoms with van der Waals surface area (Å²) in [6.45, 7) is 9.74. The van der Waals surface area contributed by atoms with Crippen molar-refractivity contribution >= 4 is 17.6 Å². The van der Waals surface area contributed by atoms with Crippen LogP contribution in [0.15, 0.2) is 36.4 Å². The van der Waals surface area contributed by atoms with Crippen molar-refractivity contribution in [3.8, 4) is 0 Å². The molecule has 0 heterocycles. The summed E-state index contributed by atoms with van der Waals surface area (Å²) in [7, 11) is 0. The van der Waals surface area contributed by atoms with E-state index in [2.05, 4.69) is 19.2 Å². The first kappa shape index (κ1) is 21.9. The molecule has 0 spiro atoms. The molecule has 0 radical (unpaired) electrons. The number of anilines is 1. The van der Waals surface area contributed by atoms with Gasteiger partial charge in [-0.1, -0.05) is 45.9 Å². The van der Waals surface area contributed by atoms with Gasteiger partial charge < -0.3 is 10.4 Å². The van der Waals surface area contributed by atoms with Crippen molar-refractivity contribution in [2.75, 3.05) is 5.32 Å². The molecule has 2 aromatic rings. The van der Waals surface area contributed by atoms with Crippen LogP contribution in [0.1, 0.15) is 73.1 Å². The number of nitrogens with one attached hydrogen (secondary N) is 1. The van der Waals surface area contributed by atoms with E-state index in [0.29, 0.717) is 0 Å². The van der Waals surface area contributed by atoms with Crippen LogP contribution in [0, 0.1) is 6.92 Å². The zero-order chi connectivity index (χ0) is 22.5. The minimum absolute atomic E-state index is 0.0473. The number of carbonyl (C=O) groups is 2. The molecule has 160 valence electrons. The van der Waals surface area contributed by atoms with Crippen LogP contribution in [-0.4, -0.2) is 17.0 Å². The van der Waals surface area contributed by atoms with Gasteiger partial charge in [-0.05, 0) is 65.5 Å². The van der Waals surface area contributed by atoms with Crippen LogP contribution >= 0.6 is 0 Å². The first-order chi connectivity index (χ1) is 13.8. The van der Waals surface area contributed by atoms with Crippen molar-refractivity contribution in [1.82, 2.24) is 0 Å². The predicted octanol–water partition coefficient (Wildman–Crippen LogP) is 5.77. The third kappa shape index (κ3) is 3.71. The Hall–Kier alpha value is -2.76. The summed E-state index contributed by atoms with van der Waals surface area (Å²) in [5.41, 5.74) is 1.36. The number of carboxylic acids is 1. The average Bonchev–Trinajstić information content (AvgIpc) is 2.66. The van der Waals surface area contributed by atoms with Gasteiger partial charge in [0.1, 0.15) is 0 Å². The normalized spacial score (nSPS) is 17.2. The Morgan fingerprint density at radius 1 is 1.00 bits per heavy atom. The maximum absolute atomic E-state index is 15.1. The molecule has 1 amide bonds. The number of hydrogen-bond donors (Lipinski definition) is 2. The van der Waals surface area contributed by atoms with Crippen LogP contribution in [-0.2, 0) is 21.5 Å². The molecule has 4 nitrogen and oxygen atoms in total. The van der Waals surface area contributed by atoms with Crippen molar-refractivity contribution in [2.45, 2.75) is 64.2 Å². The largest absolute Gasteiger partial charge is 0.478 e. The van der Waals surface area contributed by atoms with E-state index in [-0.39, 0.29) is 33.2 Å². The molecule has 3 rings (SSSR count). The van der Waals surface area contributed by atoms with Crippen molar-refractivity contribution in [3.05, 3.63) is 64.2 Å². The molecule has 0 bridgehead atoms. The number of halogens is 2. The summed E-state index contributed by atoms with van der Waals surface area (Å²) >= 11 is 0. The number of hydrogen-bond acceptors (Lipinski definition) is 2. The van der Waals surface area contributed by atoms with Gasteiger partial charge in [0.25, 0.3) is 5.91 Å². The molecule has 0 fully saturated rings. The molecule has 0 aliphatic heterocycles. The van der Waals surface area contributed by atoms with E-state index in [1.54, 1.807) is 6.07 Å². The van der Waals surface area contributed by atoms with E-state index in [9.17, 15) is 14.7 Å². The van der Waals surface area contributed by atoms with Gasteiger partial charge in [0.15, 0.2) is 0 Å². The number of benzene rings is 2. The van der Waals surface area contributed by atoms with Crippen LogP contribution in [0.4, 0.5) is 14.5 Å². The van der Waals surface area contributed by atoms with E-state index in [1.807, 2.05) is 13.8 Å². The van der Waals surface area contributed by atoms with Gasteiger partial charge in [-0.2, -0.15) is 8.78 Å². The summed E-state index contributed by atoms with van der Waals surface area (Å²) in [4.78, 5) is 23.8. The molecular formula is C24H27F2NO3. The SMILES string of the molecule is Cc1c(NC(=O)C(F)(F)c2ccc3c(c2)C(C)(C)CCC3(C)C)cccc1C(=O)O. The van der Waals surface area contributed by atoms with Crippen molar-refractivity contribution in [3.63, 3.8) is 0 Å². The number of rotatable bonds is 4. The van der Waals surface area contributed by atoms with E-state index >= 15 is 8.78 Å². The highest BCUT2D eigenvalue weighted by atomic mass is 19.3. The summed E-state index contributed by atoms with van der Waals surface area (Å²) in [6, 6.07) is 8.67. The number of carboxylic acid groups (broad SMARTS) is 1. The topological polar surface area (TPSA) is 66.4 Å². The fourth-order valence-electron chi connectivity index (χ4n) is 4.12. The molecule has 0 atom stereocenters. The number of carbonyl (C=O) groups excluding carboxylic acids is 1. The number of amides is 1. The molecule has 0 unspecified atom stereocenters. The van der Waals surface area contributed by atoms with Crippen LogP contribution in [0.2, 0.25) is 0 Å². The summed E-state index contributed by atoms with van der Waals surface area (Å²) < 4.78 is 30.2. The van der Waals surface area contributed by atoms with Crippen molar-refractivity contribution < 1.29 is 23.5 Å². The highest BCUT2D eigenvalue weighted by Gasteiger charge is 2.44. The molecule has 0 aromatic heterocycles. The fourth-order valence-corrected chi connectivity index (χ4v) is 4.12. The van der Waals surface area contributed by atoms with Gasteiger partial charge in [-0.3, -0.25) is 4.79 Å². The van der Waals surface area contributed by atoms with Gasteiger partial charge >= 0.3 is 11.9 Å². The lowest BCUT2D eigenvalue weighted by Gasteiger charge is -2.42. The Labute approximate surface area is 175 Å². The minimum Gasteiger partial charge on any atom is -0.478 e. The molecule has 2 aromatic carbocycles. The second-order valence-corrected chi connectivity index (χ2v) is 9.34. The monoisotopic (exact) mass is 415 g/mol. The standard InChI is InChI=1S/C24H27F2NO3/c1-14-16(20(28)29)7-6-8-19(14)27-21(30)24(25,26)15-9-10-17-18(13-15)23(4,5)12-11-22(17,2)3/h6-10,13H,11-12H2,1-5H3,(H,27,30)(H,28,29). The Kier molecular flexibility index (Phi) is 5.25. The molecule has 1 aliphatic rings. The minimum atomic E-state index is -3.77. The Balaban J connectivity index is 1.97. The van der Waals surface area contributed by atoms with Crippen LogP contribution in [0.25, 0.3) is 0 Å². The smallest absolute Gasteiger partial charge is 0.350 e. The summed E-state index contributed by atoms with van der Waals surface area (Å²) in [5.74, 6) is -6.44. The zero-order valence-electron chi connectivity index (χ0n) is 17.9. The van der Waals surface area contributed by atoms with Gasteiger partial charge in [-0.15, -0.1) is 0 Å². The Morgan fingerprint density at radius 2 is 1.60 bits per heavy atom. The van der Waals surface area contributed by atoms with Gasteiger partial charge in [0, 0.05) is 11.3 Å². The lowest BCUT2D eigenvalue weighted by Crippen LogP contribution is -2.36. The highest BCUT2D eigenvalue weighted by molar-refractivity contribution is 5.99.